The summed E-state index contributed by atoms with van der Waals surface area (Å²) in [4.78, 5) is 2.27. The van der Waals surface area contributed by atoms with Crippen LogP contribution in [0.15, 0.2) is 53.0 Å². The second-order valence-electron chi connectivity index (χ2n) is 4.74. The highest BCUT2D eigenvalue weighted by atomic mass is 79.9. The van der Waals surface area contributed by atoms with Crippen LogP contribution in [0.25, 0.3) is 0 Å². The van der Waals surface area contributed by atoms with Crippen molar-refractivity contribution in [2.45, 2.75) is 19.7 Å². The summed E-state index contributed by atoms with van der Waals surface area (Å²) >= 11 is 3.57. The maximum absolute atomic E-state index is 9.02. The zero-order chi connectivity index (χ0) is 13.7. The molecule has 2 nitrogen and oxygen atoms in total. The van der Waals surface area contributed by atoms with Crippen molar-refractivity contribution in [2.75, 3.05) is 7.05 Å². The summed E-state index contributed by atoms with van der Waals surface area (Å²) in [6.07, 6.45) is 0. The van der Waals surface area contributed by atoms with Gasteiger partial charge in [0, 0.05) is 17.6 Å². The number of aliphatic hydroxyl groups is 1. The van der Waals surface area contributed by atoms with Gasteiger partial charge in [-0.1, -0.05) is 58.4 Å². The lowest BCUT2D eigenvalue weighted by Crippen LogP contribution is -2.17. The van der Waals surface area contributed by atoms with Crippen LogP contribution in [0.3, 0.4) is 0 Å². The average Bonchev–Trinajstić information content (AvgIpc) is 2.42. The summed E-state index contributed by atoms with van der Waals surface area (Å²) in [5.74, 6) is 0. The van der Waals surface area contributed by atoms with E-state index in [9.17, 15) is 0 Å². The van der Waals surface area contributed by atoms with Crippen LogP contribution in [-0.4, -0.2) is 17.1 Å². The van der Waals surface area contributed by atoms with E-state index >= 15 is 0 Å². The lowest BCUT2D eigenvalue weighted by atomic mass is 10.1. The molecule has 2 rings (SSSR count). The van der Waals surface area contributed by atoms with Crippen molar-refractivity contribution in [3.05, 3.63) is 69.7 Å². The molecular weight excluding hydrogens is 302 g/mol. The van der Waals surface area contributed by atoms with Crippen LogP contribution in [0.5, 0.6) is 0 Å². The van der Waals surface area contributed by atoms with Crippen LogP contribution in [0.2, 0.25) is 0 Å². The van der Waals surface area contributed by atoms with Crippen molar-refractivity contribution in [2.24, 2.45) is 0 Å². The smallest absolute Gasteiger partial charge is 0.0681 e. The first-order valence-corrected chi connectivity index (χ1v) is 7.09. The standard InChI is InChI=1S/C16H18BrNO/c1-18(11-15-4-2-3-5-16(15)17)10-13-6-8-14(12-19)9-7-13/h2-9,19H,10-12H2,1H3. The van der Waals surface area contributed by atoms with Gasteiger partial charge in [0.1, 0.15) is 0 Å². The highest BCUT2D eigenvalue weighted by Crippen LogP contribution is 2.18. The van der Waals surface area contributed by atoms with E-state index in [1.807, 2.05) is 18.2 Å². The van der Waals surface area contributed by atoms with Gasteiger partial charge in [0.2, 0.25) is 0 Å². The topological polar surface area (TPSA) is 23.5 Å². The fourth-order valence-corrected chi connectivity index (χ4v) is 2.45. The molecule has 0 radical (unpaired) electrons. The van der Waals surface area contributed by atoms with Gasteiger partial charge in [-0.05, 0) is 29.8 Å². The first-order valence-electron chi connectivity index (χ1n) is 6.29. The zero-order valence-corrected chi connectivity index (χ0v) is 12.6. The van der Waals surface area contributed by atoms with E-state index in [2.05, 4.69) is 58.2 Å². The molecule has 0 aliphatic carbocycles. The van der Waals surface area contributed by atoms with Crippen LogP contribution in [0, 0.1) is 0 Å². The number of hydrogen-bond donors (Lipinski definition) is 1. The Bertz CT molecular complexity index is 525. The molecule has 0 unspecified atom stereocenters. The average molecular weight is 320 g/mol. The second-order valence-corrected chi connectivity index (χ2v) is 5.59. The van der Waals surface area contributed by atoms with Crippen molar-refractivity contribution in [3.8, 4) is 0 Å². The quantitative estimate of drug-likeness (QED) is 0.910. The summed E-state index contributed by atoms with van der Waals surface area (Å²) in [5.41, 5.74) is 3.50. The minimum atomic E-state index is 0.104. The molecule has 100 valence electrons. The molecule has 0 heterocycles. The van der Waals surface area contributed by atoms with Crippen molar-refractivity contribution in [1.29, 1.82) is 0 Å². The number of hydrogen-bond acceptors (Lipinski definition) is 2. The maximum Gasteiger partial charge on any atom is 0.0681 e. The van der Waals surface area contributed by atoms with E-state index in [4.69, 9.17) is 5.11 Å². The molecule has 0 saturated heterocycles. The van der Waals surface area contributed by atoms with Crippen molar-refractivity contribution in [3.63, 3.8) is 0 Å². The Morgan fingerprint density at radius 1 is 0.947 bits per heavy atom. The molecule has 3 heteroatoms. The number of benzene rings is 2. The van der Waals surface area contributed by atoms with Gasteiger partial charge in [-0.3, -0.25) is 4.90 Å². The molecule has 0 aliphatic rings. The van der Waals surface area contributed by atoms with Gasteiger partial charge in [-0.25, -0.2) is 0 Å². The van der Waals surface area contributed by atoms with Crippen LogP contribution in [0.1, 0.15) is 16.7 Å². The summed E-state index contributed by atoms with van der Waals surface area (Å²) < 4.78 is 1.15. The third-order valence-electron chi connectivity index (χ3n) is 3.06. The Labute approximate surface area is 122 Å². The van der Waals surface area contributed by atoms with Gasteiger partial charge in [0.25, 0.3) is 0 Å². The van der Waals surface area contributed by atoms with E-state index in [-0.39, 0.29) is 6.61 Å². The number of rotatable bonds is 5. The molecule has 0 bridgehead atoms. The molecule has 0 aliphatic heterocycles. The Balaban J connectivity index is 1.97. The van der Waals surface area contributed by atoms with Crippen LogP contribution in [-0.2, 0) is 19.7 Å². The first-order chi connectivity index (χ1) is 9.19. The lowest BCUT2D eigenvalue weighted by molar-refractivity contribution is 0.281. The highest BCUT2D eigenvalue weighted by molar-refractivity contribution is 9.10. The monoisotopic (exact) mass is 319 g/mol. The molecule has 2 aromatic carbocycles. The SMILES string of the molecule is CN(Cc1ccc(CO)cc1)Cc1ccccc1Br. The van der Waals surface area contributed by atoms with E-state index < -0.39 is 0 Å². The Hall–Kier alpha value is -1.16. The molecule has 0 fully saturated rings. The predicted octanol–water partition coefficient (Wildman–Crippen LogP) is 3.57. The zero-order valence-electron chi connectivity index (χ0n) is 11.0. The van der Waals surface area contributed by atoms with E-state index in [1.54, 1.807) is 0 Å². The van der Waals surface area contributed by atoms with Gasteiger partial charge in [-0.2, -0.15) is 0 Å². The Kier molecular flexibility index (Phi) is 5.14. The van der Waals surface area contributed by atoms with Crippen molar-refractivity contribution >= 4 is 15.9 Å². The van der Waals surface area contributed by atoms with Crippen LogP contribution < -0.4 is 0 Å². The van der Waals surface area contributed by atoms with Gasteiger partial charge >= 0.3 is 0 Å². The molecular formula is C16H18BrNO. The van der Waals surface area contributed by atoms with Crippen molar-refractivity contribution < 1.29 is 5.11 Å². The third-order valence-corrected chi connectivity index (χ3v) is 3.83. The molecule has 0 spiro atoms. The number of nitrogens with zero attached hydrogens (tertiary/aromatic N) is 1. The van der Waals surface area contributed by atoms with Gasteiger partial charge < -0.3 is 5.11 Å². The Morgan fingerprint density at radius 2 is 1.58 bits per heavy atom. The summed E-state index contributed by atoms with van der Waals surface area (Å²) in [6.45, 7) is 1.91. The van der Waals surface area contributed by atoms with E-state index in [1.165, 1.54) is 11.1 Å². The van der Waals surface area contributed by atoms with Crippen LogP contribution >= 0.6 is 15.9 Å². The Morgan fingerprint density at radius 3 is 2.21 bits per heavy atom. The summed E-state index contributed by atoms with van der Waals surface area (Å²) in [5, 5.41) is 9.02. The molecule has 0 saturated carbocycles. The fraction of sp³-hybridized carbons (Fsp3) is 0.250. The molecule has 1 N–H and O–H groups in total. The lowest BCUT2D eigenvalue weighted by Gasteiger charge is -2.17. The minimum Gasteiger partial charge on any atom is -0.392 e. The molecule has 0 amide bonds. The normalized spacial score (nSPS) is 10.9. The van der Waals surface area contributed by atoms with Crippen LogP contribution in [0.4, 0.5) is 0 Å². The first kappa shape index (κ1) is 14.3. The van der Waals surface area contributed by atoms with E-state index in [0.717, 1.165) is 23.1 Å². The van der Waals surface area contributed by atoms with Gasteiger partial charge in [0.05, 0.1) is 6.61 Å². The molecule has 0 atom stereocenters. The predicted molar refractivity (Wildman–Crippen MR) is 81.7 cm³/mol. The maximum atomic E-state index is 9.02. The largest absolute Gasteiger partial charge is 0.392 e. The highest BCUT2D eigenvalue weighted by Gasteiger charge is 2.04. The van der Waals surface area contributed by atoms with Crippen molar-refractivity contribution in [1.82, 2.24) is 4.90 Å². The summed E-state index contributed by atoms with van der Waals surface area (Å²) in [6, 6.07) is 16.4. The molecule has 19 heavy (non-hydrogen) atoms. The number of aliphatic hydroxyl groups excluding tert-OH is 1. The van der Waals surface area contributed by atoms with Gasteiger partial charge in [-0.15, -0.1) is 0 Å². The second kappa shape index (κ2) is 6.85. The number of halogens is 1. The fourth-order valence-electron chi connectivity index (χ4n) is 2.04. The summed E-state index contributed by atoms with van der Waals surface area (Å²) in [7, 11) is 2.11. The van der Waals surface area contributed by atoms with Gasteiger partial charge in [0.15, 0.2) is 0 Å². The van der Waals surface area contributed by atoms with E-state index in [0.29, 0.717) is 0 Å². The molecule has 0 aromatic heterocycles. The third kappa shape index (κ3) is 4.16. The minimum absolute atomic E-state index is 0.104. The molecule has 2 aromatic rings.